The number of carboxylic acid groups (broad SMARTS) is 1. The lowest BCUT2D eigenvalue weighted by Crippen LogP contribution is -2.50. The van der Waals surface area contributed by atoms with E-state index >= 15 is 0 Å². The first kappa shape index (κ1) is 30.3. The van der Waals surface area contributed by atoms with Crippen molar-refractivity contribution in [2.45, 2.75) is 44.4 Å². The van der Waals surface area contributed by atoms with E-state index in [1.54, 1.807) is 60.4 Å². The number of aliphatic hydroxyl groups is 1. The molecule has 4 rings (SSSR count). The van der Waals surface area contributed by atoms with Gasteiger partial charge < -0.3 is 36.1 Å². The first-order chi connectivity index (χ1) is 20.1. The lowest BCUT2D eigenvalue weighted by Gasteiger charge is -2.34. The molecule has 42 heavy (non-hydrogen) atoms. The highest BCUT2D eigenvalue weighted by molar-refractivity contribution is 6.42. The van der Waals surface area contributed by atoms with Crippen LogP contribution in [0.3, 0.4) is 0 Å². The van der Waals surface area contributed by atoms with Gasteiger partial charge in [0.2, 0.25) is 12.1 Å². The number of amidine groups is 1. The van der Waals surface area contributed by atoms with Gasteiger partial charge in [-0.15, -0.1) is 0 Å². The second-order valence-corrected chi connectivity index (χ2v) is 10.2. The number of nitrogens with two attached hydrogens (primary N) is 1. The van der Waals surface area contributed by atoms with Crippen LogP contribution >= 0.6 is 0 Å². The number of carbonyl (C=O) groups excluding carboxylic acids is 3. The van der Waals surface area contributed by atoms with Gasteiger partial charge in [-0.25, -0.2) is 9.79 Å². The highest BCUT2D eigenvalue weighted by Gasteiger charge is 2.35. The average Bonchev–Trinajstić information content (AvgIpc) is 3.39. The number of aliphatic carboxylic acids is 1. The average molecular weight is 580 g/mol. The number of hydrogen-bond donors (Lipinski definition) is 5. The number of benzene rings is 2. The predicted molar refractivity (Wildman–Crippen MR) is 151 cm³/mol. The second-order valence-electron chi connectivity index (χ2n) is 10.2. The summed E-state index contributed by atoms with van der Waals surface area (Å²) in [4.78, 5) is 56.4. The summed E-state index contributed by atoms with van der Waals surface area (Å²) in [6, 6.07) is 13.2. The second kappa shape index (κ2) is 13.4. The predicted octanol–water partition coefficient (Wildman–Crippen LogP) is 1.39. The number of nitrogens with one attached hydrogen (secondary N) is 1. The van der Waals surface area contributed by atoms with Crippen LogP contribution in [0.25, 0.3) is 0 Å². The summed E-state index contributed by atoms with van der Waals surface area (Å²) in [7, 11) is 0. The van der Waals surface area contributed by atoms with Crippen molar-refractivity contribution in [2.75, 3.05) is 19.7 Å². The molecule has 2 unspecified atom stereocenters. The maximum absolute atomic E-state index is 13.0. The third kappa shape index (κ3) is 6.81. The van der Waals surface area contributed by atoms with E-state index in [-0.39, 0.29) is 36.3 Å². The number of carbonyl (C=O) groups is 4. The van der Waals surface area contributed by atoms with Crippen LogP contribution in [0.15, 0.2) is 58.7 Å². The molecule has 2 amide bonds. The Balaban J connectivity index is 1.28. The van der Waals surface area contributed by atoms with E-state index in [1.165, 1.54) is 0 Å². The van der Waals surface area contributed by atoms with E-state index in [0.717, 1.165) is 0 Å². The first-order valence-corrected chi connectivity index (χ1v) is 13.5. The SMILES string of the molecule is CC(CC(=O)c1ccc(/C(N)=N/O)cc1)C(=O)N1CCC(O[C@H](NC(=O)C2=Nc3ccccc3C2CO)C(=O)O)CC1. The minimum absolute atomic E-state index is 0.00606. The maximum Gasteiger partial charge on any atom is 0.354 e. The van der Waals surface area contributed by atoms with E-state index in [1.807, 2.05) is 0 Å². The van der Waals surface area contributed by atoms with Crippen LogP contribution in [0.4, 0.5) is 5.69 Å². The molecule has 6 N–H and O–H groups in total. The Morgan fingerprint density at radius 1 is 1.10 bits per heavy atom. The third-order valence-corrected chi connectivity index (χ3v) is 7.39. The maximum atomic E-state index is 13.0. The van der Waals surface area contributed by atoms with Gasteiger partial charge in [0.25, 0.3) is 5.91 Å². The number of aliphatic hydroxyl groups excluding tert-OH is 1. The first-order valence-electron chi connectivity index (χ1n) is 13.5. The van der Waals surface area contributed by atoms with E-state index in [9.17, 15) is 29.4 Å². The summed E-state index contributed by atoms with van der Waals surface area (Å²) in [6.07, 6.45) is -1.50. The molecule has 0 aliphatic carbocycles. The number of rotatable bonds is 11. The van der Waals surface area contributed by atoms with Crippen molar-refractivity contribution in [1.82, 2.24) is 10.2 Å². The number of carboxylic acids is 1. The molecule has 0 radical (unpaired) electrons. The molecule has 0 bridgehead atoms. The summed E-state index contributed by atoms with van der Waals surface area (Å²) in [5.74, 6) is -3.89. The Morgan fingerprint density at radius 3 is 2.36 bits per heavy atom. The molecule has 2 heterocycles. The van der Waals surface area contributed by atoms with Crippen LogP contribution in [0.5, 0.6) is 0 Å². The van der Waals surface area contributed by atoms with Gasteiger partial charge in [-0.05, 0) is 24.5 Å². The number of fused-ring (bicyclic) bond motifs is 1. The summed E-state index contributed by atoms with van der Waals surface area (Å²) in [5, 5.41) is 33.5. The van der Waals surface area contributed by atoms with Gasteiger partial charge in [0.05, 0.1) is 24.3 Å². The van der Waals surface area contributed by atoms with Gasteiger partial charge in [-0.1, -0.05) is 54.5 Å². The van der Waals surface area contributed by atoms with Crippen molar-refractivity contribution < 1.29 is 39.3 Å². The number of amides is 2. The van der Waals surface area contributed by atoms with Crippen molar-refractivity contribution in [3.63, 3.8) is 0 Å². The number of aliphatic imine (C=N–C) groups is 1. The fraction of sp³-hybridized carbons (Fsp3) is 0.379. The smallest absolute Gasteiger partial charge is 0.354 e. The summed E-state index contributed by atoms with van der Waals surface area (Å²) >= 11 is 0. The van der Waals surface area contributed by atoms with Crippen LogP contribution in [-0.4, -0.2) is 87.5 Å². The molecule has 1 saturated heterocycles. The molecular weight excluding hydrogens is 546 g/mol. The van der Waals surface area contributed by atoms with E-state index in [0.29, 0.717) is 48.3 Å². The van der Waals surface area contributed by atoms with Crippen molar-refractivity contribution in [3.8, 4) is 0 Å². The molecule has 13 heteroatoms. The van der Waals surface area contributed by atoms with Gasteiger partial charge >= 0.3 is 5.97 Å². The van der Waals surface area contributed by atoms with Crippen LogP contribution in [0.2, 0.25) is 0 Å². The molecule has 1 fully saturated rings. The Labute approximate surface area is 241 Å². The third-order valence-electron chi connectivity index (χ3n) is 7.39. The van der Waals surface area contributed by atoms with Crippen molar-refractivity contribution in [3.05, 3.63) is 65.2 Å². The van der Waals surface area contributed by atoms with Crippen molar-refractivity contribution >= 4 is 40.8 Å². The summed E-state index contributed by atoms with van der Waals surface area (Å²) in [5.41, 5.74) is 7.63. The molecule has 2 aromatic rings. The zero-order chi connectivity index (χ0) is 30.4. The molecular formula is C29H33N5O8. The normalized spacial score (nSPS) is 18.5. The molecule has 0 spiro atoms. The molecule has 13 nitrogen and oxygen atoms in total. The lowest BCUT2D eigenvalue weighted by atomic mass is 9.96. The Kier molecular flexibility index (Phi) is 9.65. The van der Waals surface area contributed by atoms with Crippen LogP contribution in [0.1, 0.15) is 53.6 Å². The monoisotopic (exact) mass is 579 g/mol. The minimum Gasteiger partial charge on any atom is -0.478 e. The number of nitrogens with zero attached hydrogens (tertiary/aromatic N) is 3. The molecule has 3 atom stereocenters. The Bertz CT molecular complexity index is 1400. The quantitative estimate of drug-likeness (QED) is 0.0650. The zero-order valence-corrected chi connectivity index (χ0v) is 23.0. The van der Waals surface area contributed by atoms with Crippen molar-refractivity contribution in [1.29, 1.82) is 0 Å². The van der Waals surface area contributed by atoms with Crippen LogP contribution in [0, 0.1) is 5.92 Å². The van der Waals surface area contributed by atoms with Gasteiger partial charge in [-0.2, -0.15) is 0 Å². The number of Topliss-reactive ketones (excluding diaryl/α,β-unsaturated/α-hetero) is 1. The molecule has 2 aliphatic rings. The highest BCUT2D eigenvalue weighted by atomic mass is 16.5. The number of hydrogen-bond acceptors (Lipinski definition) is 9. The molecule has 222 valence electrons. The molecule has 0 saturated carbocycles. The topological polar surface area (TPSA) is 204 Å². The number of ketones is 1. The van der Waals surface area contributed by atoms with Gasteiger partial charge in [0.1, 0.15) is 5.71 Å². The number of oxime groups is 1. The van der Waals surface area contributed by atoms with Crippen molar-refractivity contribution in [2.24, 2.45) is 21.8 Å². The zero-order valence-electron chi connectivity index (χ0n) is 23.0. The van der Waals surface area contributed by atoms with Gasteiger partial charge in [0.15, 0.2) is 11.6 Å². The van der Waals surface area contributed by atoms with Gasteiger partial charge in [-0.3, -0.25) is 14.4 Å². The lowest BCUT2D eigenvalue weighted by molar-refractivity contribution is -0.162. The summed E-state index contributed by atoms with van der Waals surface area (Å²) < 4.78 is 5.70. The minimum atomic E-state index is -1.64. The Hall–Kier alpha value is -4.62. The standard InChI is InChI=1S/C29H33N5O8/c1-16(14-23(36)17-6-8-18(9-7-17)25(30)33-41)28(38)34-12-10-19(11-13-34)42-27(29(39)40)32-26(37)24-21(15-35)20-4-2-3-5-22(20)31-24/h2-9,16,19,21,27,35,41H,10-15H2,1H3,(H2,30,33)(H,32,37)(H,39,40)/t16?,21?,27-/m0/s1. The molecule has 2 aromatic carbocycles. The Morgan fingerprint density at radius 2 is 1.74 bits per heavy atom. The number of piperidine rings is 1. The fourth-order valence-electron chi connectivity index (χ4n) is 5.06. The largest absolute Gasteiger partial charge is 0.478 e. The highest BCUT2D eigenvalue weighted by Crippen LogP contribution is 2.35. The number of likely N-dealkylation sites (tertiary alicyclic amines) is 1. The fourth-order valence-corrected chi connectivity index (χ4v) is 5.06. The van der Waals surface area contributed by atoms with Crippen LogP contribution in [-0.2, 0) is 19.1 Å². The van der Waals surface area contributed by atoms with Gasteiger partial charge in [0, 0.05) is 36.6 Å². The summed E-state index contributed by atoms with van der Waals surface area (Å²) in [6.45, 7) is 1.91. The van der Waals surface area contributed by atoms with E-state index < -0.39 is 36.0 Å². The van der Waals surface area contributed by atoms with E-state index in [4.69, 9.17) is 15.7 Å². The molecule has 2 aliphatic heterocycles. The number of para-hydroxylation sites is 1. The number of ether oxygens (including phenoxy) is 1. The van der Waals surface area contributed by atoms with E-state index in [2.05, 4.69) is 15.5 Å². The molecule has 0 aromatic heterocycles. The van der Waals surface area contributed by atoms with Crippen LogP contribution < -0.4 is 11.1 Å².